The summed E-state index contributed by atoms with van der Waals surface area (Å²) in [7, 11) is 0. The van der Waals surface area contributed by atoms with Crippen LogP contribution in [0, 0.1) is 0 Å². The number of hydrogen-bond donors (Lipinski definition) is 0. The van der Waals surface area contributed by atoms with Crippen molar-refractivity contribution < 1.29 is 0 Å². The van der Waals surface area contributed by atoms with Crippen molar-refractivity contribution in [2.45, 2.75) is 44.9 Å². The molecule has 0 spiro atoms. The van der Waals surface area contributed by atoms with Gasteiger partial charge in [-0.3, -0.25) is 0 Å². The average molecular weight is 1010 g/mol. The van der Waals surface area contributed by atoms with E-state index in [2.05, 4.69) is 310 Å². The van der Waals surface area contributed by atoms with Crippen LogP contribution >= 0.6 is 0 Å². The Kier molecular flexibility index (Phi) is 11.5. The normalized spacial score (nSPS) is 15.3. The lowest BCUT2D eigenvalue weighted by atomic mass is 9.75. The van der Waals surface area contributed by atoms with E-state index in [9.17, 15) is 0 Å². The van der Waals surface area contributed by atoms with Gasteiger partial charge in [-0.2, -0.15) is 0 Å². The molecule has 2 aliphatic carbocycles. The largest absolute Gasteiger partial charge is 0.309 e. The quantitative estimate of drug-likeness (QED) is 0.144. The summed E-state index contributed by atoms with van der Waals surface area (Å²) in [6, 6.07) is 92.1. The van der Waals surface area contributed by atoms with Crippen LogP contribution in [-0.2, 0) is 17.3 Å². The third-order valence-electron chi connectivity index (χ3n) is 17.3. The number of aromatic nitrogens is 2. The van der Waals surface area contributed by atoms with Crippen molar-refractivity contribution in [2.24, 2.45) is 0 Å². The van der Waals surface area contributed by atoms with Crippen LogP contribution in [0.4, 0.5) is 0 Å². The van der Waals surface area contributed by atoms with E-state index in [4.69, 9.17) is 0 Å². The highest BCUT2D eigenvalue weighted by Gasteiger charge is 2.35. The third kappa shape index (κ3) is 8.26. The van der Waals surface area contributed by atoms with Gasteiger partial charge in [0.25, 0.3) is 0 Å². The van der Waals surface area contributed by atoms with Crippen LogP contribution in [-0.4, -0.2) is 9.13 Å². The van der Waals surface area contributed by atoms with Gasteiger partial charge in [0.1, 0.15) is 0 Å². The number of allylic oxidation sites excluding steroid dienone is 5. The second-order valence-corrected chi connectivity index (χ2v) is 22.6. The molecule has 2 aromatic heterocycles. The van der Waals surface area contributed by atoms with Crippen LogP contribution in [0.15, 0.2) is 279 Å². The molecule has 0 aliphatic heterocycles. The van der Waals surface area contributed by atoms with E-state index in [-0.39, 0.29) is 10.8 Å². The highest BCUT2D eigenvalue weighted by atomic mass is 15.0. The molecule has 2 heteroatoms. The predicted octanol–water partition coefficient (Wildman–Crippen LogP) is 20.2. The zero-order valence-corrected chi connectivity index (χ0v) is 45.2. The summed E-state index contributed by atoms with van der Waals surface area (Å²) in [4.78, 5) is 0. The van der Waals surface area contributed by atoms with Crippen molar-refractivity contribution in [3.05, 3.63) is 307 Å². The predicted molar refractivity (Wildman–Crippen MR) is 334 cm³/mol. The fourth-order valence-electron chi connectivity index (χ4n) is 12.7. The van der Waals surface area contributed by atoms with E-state index >= 15 is 0 Å². The maximum atomic E-state index is 4.66. The highest BCUT2D eigenvalue weighted by molar-refractivity contribution is 6.02. The van der Waals surface area contributed by atoms with Crippen LogP contribution in [0.2, 0.25) is 0 Å². The van der Waals surface area contributed by atoms with Gasteiger partial charge in [-0.25, -0.2) is 0 Å². The zero-order valence-electron chi connectivity index (χ0n) is 45.2. The molecule has 0 radical (unpaired) electrons. The Morgan fingerprint density at radius 2 is 0.785 bits per heavy atom. The summed E-state index contributed by atoms with van der Waals surface area (Å²) in [6.45, 7) is 14.0. The summed E-state index contributed by atoms with van der Waals surface area (Å²) in [5, 5.41) is 2.34. The maximum absolute atomic E-state index is 4.66. The van der Waals surface area contributed by atoms with Crippen molar-refractivity contribution in [2.75, 3.05) is 0 Å². The van der Waals surface area contributed by atoms with Gasteiger partial charge in [0.15, 0.2) is 0 Å². The summed E-state index contributed by atoms with van der Waals surface area (Å²) in [6.07, 6.45) is 7.73. The van der Waals surface area contributed by atoms with Gasteiger partial charge in [-0.1, -0.05) is 247 Å². The van der Waals surface area contributed by atoms with E-state index < -0.39 is 0 Å². The second kappa shape index (κ2) is 18.9. The van der Waals surface area contributed by atoms with Crippen molar-refractivity contribution in [3.63, 3.8) is 0 Å². The van der Waals surface area contributed by atoms with E-state index in [0.29, 0.717) is 0 Å². The monoisotopic (exact) mass is 1010 g/mol. The fourth-order valence-corrected chi connectivity index (χ4v) is 12.7. The number of hydrogen-bond acceptors (Lipinski definition) is 0. The van der Waals surface area contributed by atoms with Crippen LogP contribution in [0.25, 0.3) is 106 Å². The van der Waals surface area contributed by atoms with Gasteiger partial charge in [0.2, 0.25) is 0 Å². The van der Waals surface area contributed by atoms with E-state index in [1.807, 2.05) is 0 Å². The Balaban J connectivity index is 0.906. The smallest absolute Gasteiger partial charge is 0.0542 e. The molecule has 10 aromatic carbocycles. The lowest BCUT2D eigenvalue weighted by Crippen LogP contribution is -2.20. The molecule has 79 heavy (non-hydrogen) atoms. The number of benzene rings is 10. The van der Waals surface area contributed by atoms with Crippen molar-refractivity contribution in [3.8, 4) is 78.4 Å². The number of fused-ring (bicyclic) bond motifs is 6. The molecule has 0 atom stereocenters. The third-order valence-corrected chi connectivity index (χ3v) is 17.3. The molecular weight excluding hydrogens is 953 g/mol. The van der Waals surface area contributed by atoms with Crippen LogP contribution in [0.5, 0.6) is 0 Å². The Hall–Kier alpha value is -9.50. The molecule has 12 aromatic rings. The van der Waals surface area contributed by atoms with Crippen LogP contribution < -0.4 is 0 Å². The van der Waals surface area contributed by atoms with Crippen molar-refractivity contribution >= 4 is 27.4 Å². The molecule has 14 rings (SSSR count). The van der Waals surface area contributed by atoms with E-state index in [0.717, 1.165) is 68.1 Å². The van der Waals surface area contributed by atoms with Gasteiger partial charge in [-0.15, -0.1) is 0 Å². The van der Waals surface area contributed by atoms with Crippen LogP contribution in [0.1, 0.15) is 55.5 Å². The van der Waals surface area contributed by atoms with Gasteiger partial charge < -0.3 is 9.13 Å². The molecule has 378 valence electrons. The molecule has 0 fully saturated rings. The average Bonchev–Trinajstić information content (AvgIpc) is 4.21. The van der Waals surface area contributed by atoms with Gasteiger partial charge in [0.05, 0.1) is 22.4 Å². The summed E-state index contributed by atoms with van der Waals surface area (Å²) < 4.78 is 4.92. The number of rotatable bonds is 8. The molecule has 2 nitrogen and oxygen atoms in total. The Labute approximate surface area is 464 Å². The molecule has 0 unspecified atom stereocenters. The second-order valence-electron chi connectivity index (χ2n) is 22.6. The topological polar surface area (TPSA) is 9.86 Å². The highest BCUT2D eigenvalue weighted by Crippen LogP contribution is 2.50. The zero-order chi connectivity index (χ0) is 53.4. The molecule has 0 N–H and O–H groups in total. The first-order chi connectivity index (χ1) is 38.6. The minimum atomic E-state index is -0.212. The van der Waals surface area contributed by atoms with E-state index in [1.165, 1.54) is 77.5 Å². The minimum absolute atomic E-state index is 0.0685. The van der Waals surface area contributed by atoms with Gasteiger partial charge >= 0.3 is 0 Å². The van der Waals surface area contributed by atoms with Crippen LogP contribution in [0.3, 0.4) is 0 Å². The standard InChI is InChI=1S/C77H60N2/c1-51-45-61(23-16-22-58-21-12-14-25-69(58)76(51,2)3)56-35-40-65(41-36-56)78-72(59-31-27-54(28-32-59)52-17-8-6-9-18-52)47-63-50-75-64(49-74(63)78)48-73(60-33-29-55(30-34-60)53-19-10-7-11-20-53)79(75)66-42-37-57(38-43-66)62-39-44-68-67-24-13-15-26-70(67)77(4,5)71(68)46-62/h6-21,23-50H,1,22H2,2-5H3/b23-16-,61-45+. The lowest BCUT2D eigenvalue weighted by molar-refractivity contribution is 0.635. The maximum Gasteiger partial charge on any atom is 0.0542 e. The first kappa shape index (κ1) is 47.9. The fraction of sp³-hybridized carbons (Fsp3) is 0.0909. The van der Waals surface area contributed by atoms with Gasteiger partial charge in [0, 0.05) is 33.0 Å². The number of nitrogens with zero attached hydrogens (tertiary/aromatic N) is 2. The molecule has 0 amide bonds. The Morgan fingerprint density at radius 1 is 0.354 bits per heavy atom. The Morgan fingerprint density at radius 3 is 1.35 bits per heavy atom. The minimum Gasteiger partial charge on any atom is -0.309 e. The molecular formula is C77H60N2. The lowest BCUT2D eigenvalue weighted by Gasteiger charge is -2.28. The SMILES string of the molecule is C=C1/C=C(c2ccc(-n3c(-c4ccc(-c5ccccc5)cc4)cc4cc5c(cc(-c6ccc(-c7ccccc7)cc6)n5-c5ccc(-c6ccc7c(c6)C(C)(C)c6ccccc6-7)cc5)cc43)cc2)\C=C/Cc2ccccc2C1(C)C. The van der Waals surface area contributed by atoms with E-state index in [1.54, 1.807) is 0 Å². The summed E-state index contributed by atoms with van der Waals surface area (Å²) in [5.74, 6) is 0. The summed E-state index contributed by atoms with van der Waals surface area (Å²) in [5.41, 5.74) is 27.6. The molecule has 0 bridgehead atoms. The molecule has 0 saturated heterocycles. The van der Waals surface area contributed by atoms with Crippen molar-refractivity contribution in [1.29, 1.82) is 0 Å². The molecule has 2 aliphatic rings. The summed E-state index contributed by atoms with van der Waals surface area (Å²) >= 11 is 0. The molecule has 2 heterocycles. The first-order valence-electron chi connectivity index (χ1n) is 27.7. The molecule has 0 saturated carbocycles. The van der Waals surface area contributed by atoms with Crippen molar-refractivity contribution in [1.82, 2.24) is 9.13 Å². The van der Waals surface area contributed by atoms with Gasteiger partial charge in [-0.05, 0) is 156 Å². The Bertz CT molecular complexity index is 4390. The first-order valence-corrected chi connectivity index (χ1v) is 27.7.